The molecule has 8 heteroatoms. The molecular weight excluding hydrogens is 287 g/mol. The number of anilines is 1. The van der Waals surface area contributed by atoms with Gasteiger partial charge in [0.15, 0.2) is 6.04 Å². The van der Waals surface area contributed by atoms with E-state index in [0.29, 0.717) is 4.88 Å². The minimum absolute atomic E-state index is 0.0443. The molecule has 0 saturated carbocycles. The molecule has 0 radical (unpaired) electrons. The maximum Gasteiger partial charge on any atom is 0.331 e. The van der Waals surface area contributed by atoms with Crippen molar-refractivity contribution in [2.24, 2.45) is 0 Å². The van der Waals surface area contributed by atoms with Crippen molar-refractivity contribution in [3.63, 3.8) is 0 Å². The minimum Gasteiger partial charge on any atom is -0.479 e. The van der Waals surface area contributed by atoms with Crippen LogP contribution in [0.2, 0.25) is 0 Å². The minimum atomic E-state index is -1.17. The lowest BCUT2D eigenvalue weighted by Crippen LogP contribution is -2.20. The van der Waals surface area contributed by atoms with Gasteiger partial charge in [-0.2, -0.15) is 0 Å². The Kier molecular flexibility index (Phi) is 3.94. The van der Waals surface area contributed by atoms with Crippen molar-refractivity contribution in [2.45, 2.75) is 6.04 Å². The first-order chi connectivity index (χ1) is 9.49. The predicted molar refractivity (Wildman–Crippen MR) is 71.4 cm³/mol. The molecule has 20 heavy (non-hydrogen) atoms. The average molecular weight is 296 g/mol. The van der Waals surface area contributed by atoms with Crippen LogP contribution >= 0.6 is 11.3 Å². The van der Waals surface area contributed by atoms with Crippen molar-refractivity contribution in [3.8, 4) is 0 Å². The van der Waals surface area contributed by atoms with Crippen LogP contribution in [-0.2, 0) is 4.79 Å². The standard InChI is InChI=1S/C12H9FN2O4S/c13-7-3-4-8(9(6-7)15(18)19)14-11(12(16)17)10-2-1-5-20-10/h1-6,11,14H,(H,16,17). The summed E-state index contributed by atoms with van der Waals surface area (Å²) < 4.78 is 13.0. The number of rotatable bonds is 5. The summed E-state index contributed by atoms with van der Waals surface area (Å²) >= 11 is 1.21. The fraction of sp³-hybridized carbons (Fsp3) is 0.0833. The highest BCUT2D eigenvalue weighted by atomic mass is 32.1. The number of carboxylic acids is 1. The van der Waals surface area contributed by atoms with Crippen LogP contribution in [0, 0.1) is 15.9 Å². The Morgan fingerprint density at radius 1 is 1.45 bits per heavy atom. The largest absolute Gasteiger partial charge is 0.479 e. The number of thiophene rings is 1. The van der Waals surface area contributed by atoms with E-state index in [1.807, 2.05) is 0 Å². The number of aliphatic carboxylic acids is 1. The van der Waals surface area contributed by atoms with Crippen LogP contribution in [0.5, 0.6) is 0 Å². The van der Waals surface area contributed by atoms with E-state index < -0.39 is 28.4 Å². The third-order valence-electron chi connectivity index (χ3n) is 2.53. The molecular formula is C12H9FN2O4S. The second kappa shape index (κ2) is 5.66. The Bertz CT molecular complexity index is 645. The van der Waals surface area contributed by atoms with Crippen LogP contribution in [0.4, 0.5) is 15.8 Å². The summed E-state index contributed by atoms with van der Waals surface area (Å²) in [6, 6.07) is 5.08. The van der Waals surface area contributed by atoms with E-state index in [1.54, 1.807) is 17.5 Å². The average Bonchev–Trinajstić information content (AvgIpc) is 2.90. The Morgan fingerprint density at radius 2 is 2.20 bits per heavy atom. The molecule has 0 aliphatic carbocycles. The predicted octanol–water partition coefficient (Wildman–Crippen LogP) is 3.03. The fourth-order valence-corrected chi connectivity index (χ4v) is 2.41. The first-order valence-electron chi connectivity index (χ1n) is 5.45. The first-order valence-corrected chi connectivity index (χ1v) is 6.33. The highest BCUT2D eigenvalue weighted by Gasteiger charge is 2.24. The van der Waals surface area contributed by atoms with E-state index in [4.69, 9.17) is 0 Å². The molecule has 2 N–H and O–H groups in total. The van der Waals surface area contributed by atoms with Crippen molar-refractivity contribution in [1.82, 2.24) is 0 Å². The van der Waals surface area contributed by atoms with Gasteiger partial charge in [-0.25, -0.2) is 9.18 Å². The van der Waals surface area contributed by atoms with Gasteiger partial charge in [0, 0.05) is 4.88 Å². The molecule has 104 valence electrons. The zero-order chi connectivity index (χ0) is 14.7. The lowest BCUT2D eigenvalue weighted by atomic mass is 10.2. The zero-order valence-electron chi connectivity index (χ0n) is 9.95. The van der Waals surface area contributed by atoms with Gasteiger partial charge < -0.3 is 10.4 Å². The lowest BCUT2D eigenvalue weighted by Gasteiger charge is -2.14. The molecule has 1 aromatic heterocycles. The van der Waals surface area contributed by atoms with Crippen molar-refractivity contribution in [1.29, 1.82) is 0 Å². The van der Waals surface area contributed by atoms with Gasteiger partial charge in [0.1, 0.15) is 11.5 Å². The van der Waals surface area contributed by atoms with Crippen molar-refractivity contribution in [2.75, 3.05) is 5.32 Å². The van der Waals surface area contributed by atoms with E-state index in [-0.39, 0.29) is 5.69 Å². The second-order valence-electron chi connectivity index (χ2n) is 3.85. The van der Waals surface area contributed by atoms with Gasteiger partial charge in [-0.05, 0) is 23.6 Å². The number of hydrogen-bond donors (Lipinski definition) is 2. The molecule has 0 bridgehead atoms. The van der Waals surface area contributed by atoms with Crippen molar-refractivity contribution >= 4 is 28.7 Å². The SMILES string of the molecule is O=C(O)C(Nc1ccc(F)cc1[N+](=O)[O-])c1cccs1. The topological polar surface area (TPSA) is 92.5 Å². The number of benzene rings is 1. The van der Waals surface area contributed by atoms with Crippen molar-refractivity contribution < 1.29 is 19.2 Å². The smallest absolute Gasteiger partial charge is 0.331 e. The number of carbonyl (C=O) groups is 1. The van der Waals surface area contributed by atoms with Gasteiger partial charge in [0.2, 0.25) is 0 Å². The van der Waals surface area contributed by atoms with Gasteiger partial charge in [-0.1, -0.05) is 6.07 Å². The summed E-state index contributed by atoms with van der Waals surface area (Å²) in [5, 5.41) is 24.3. The summed E-state index contributed by atoms with van der Waals surface area (Å²) in [6.07, 6.45) is 0. The summed E-state index contributed by atoms with van der Waals surface area (Å²) in [6.45, 7) is 0. The number of hydrogen-bond acceptors (Lipinski definition) is 5. The molecule has 0 fully saturated rings. The van der Waals surface area contributed by atoms with E-state index >= 15 is 0 Å². The van der Waals surface area contributed by atoms with Crippen LogP contribution in [0.25, 0.3) is 0 Å². The Balaban J connectivity index is 2.37. The molecule has 2 rings (SSSR count). The van der Waals surface area contributed by atoms with E-state index in [2.05, 4.69) is 5.32 Å². The molecule has 6 nitrogen and oxygen atoms in total. The zero-order valence-corrected chi connectivity index (χ0v) is 10.8. The van der Waals surface area contributed by atoms with E-state index in [0.717, 1.165) is 18.2 Å². The van der Waals surface area contributed by atoms with Gasteiger partial charge in [0.05, 0.1) is 11.0 Å². The Morgan fingerprint density at radius 3 is 2.75 bits per heavy atom. The molecule has 1 aromatic carbocycles. The molecule has 0 amide bonds. The van der Waals surface area contributed by atoms with Gasteiger partial charge in [-0.3, -0.25) is 10.1 Å². The van der Waals surface area contributed by atoms with Crippen LogP contribution in [0.3, 0.4) is 0 Å². The summed E-state index contributed by atoms with van der Waals surface area (Å²) in [5.41, 5.74) is -0.551. The highest BCUT2D eigenvalue weighted by Crippen LogP contribution is 2.30. The Labute approximate surface area is 116 Å². The number of nitro benzene ring substituents is 1. The van der Waals surface area contributed by atoms with Crippen molar-refractivity contribution in [3.05, 3.63) is 56.5 Å². The third-order valence-corrected chi connectivity index (χ3v) is 3.47. The number of nitrogens with one attached hydrogen (secondary N) is 1. The third kappa shape index (κ3) is 2.91. The fourth-order valence-electron chi connectivity index (χ4n) is 1.64. The van der Waals surface area contributed by atoms with Gasteiger partial charge in [0.25, 0.3) is 5.69 Å². The number of nitro groups is 1. The monoisotopic (exact) mass is 296 g/mol. The maximum atomic E-state index is 13.0. The second-order valence-corrected chi connectivity index (χ2v) is 4.83. The van der Waals surface area contributed by atoms with Crippen LogP contribution in [0.15, 0.2) is 35.7 Å². The highest BCUT2D eigenvalue weighted by molar-refractivity contribution is 7.10. The van der Waals surface area contributed by atoms with E-state index in [9.17, 15) is 24.4 Å². The molecule has 0 aliphatic rings. The maximum absolute atomic E-state index is 13.0. The molecule has 1 heterocycles. The first kappa shape index (κ1) is 13.9. The van der Waals surface area contributed by atoms with Crippen LogP contribution in [0.1, 0.15) is 10.9 Å². The summed E-state index contributed by atoms with van der Waals surface area (Å²) in [7, 11) is 0. The molecule has 2 aromatic rings. The molecule has 0 spiro atoms. The van der Waals surface area contributed by atoms with Crippen LogP contribution in [-0.4, -0.2) is 16.0 Å². The number of halogens is 1. The Hall–Kier alpha value is -2.48. The summed E-state index contributed by atoms with van der Waals surface area (Å²) in [5.74, 6) is -1.93. The number of nitrogens with zero attached hydrogens (tertiary/aromatic N) is 1. The quantitative estimate of drug-likeness (QED) is 0.653. The van der Waals surface area contributed by atoms with Gasteiger partial charge in [-0.15, -0.1) is 11.3 Å². The number of carboxylic acid groups (broad SMARTS) is 1. The lowest BCUT2D eigenvalue weighted by molar-refractivity contribution is -0.384. The van der Waals surface area contributed by atoms with Crippen LogP contribution < -0.4 is 5.32 Å². The van der Waals surface area contributed by atoms with Gasteiger partial charge >= 0.3 is 5.97 Å². The van der Waals surface area contributed by atoms with E-state index in [1.165, 1.54) is 11.3 Å². The molecule has 0 aliphatic heterocycles. The normalized spacial score (nSPS) is 11.8. The molecule has 0 saturated heterocycles. The molecule has 1 atom stereocenters. The molecule has 1 unspecified atom stereocenters. The summed E-state index contributed by atoms with van der Waals surface area (Å²) in [4.78, 5) is 21.8.